The van der Waals surface area contributed by atoms with Gasteiger partial charge in [0, 0.05) is 30.2 Å². The number of aromatic nitrogens is 2. The van der Waals surface area contributed by atoms with Crippen LogP contribution < -0.4 is 10.6 Å². The molecule has 6 nitrogen and oxygen atoms in total. The van der Waals surface area contributed by atoms with Gasteiger partial charge >= 0.3 is 6.03 Å². The standard InChI is InChI=1S/C20H20N4O2/c1-15(25)17-8-5-9-18(12-17)23-20(26)22-13-19-21-10-11-24(19)14-16-6-3-2-4-7-16/h2-12H,13-14H2,1H3,(H2,22,23,26). The van der Waals surface area contributed by atoms with E-state index in [1.807, 2.05) is 41.1 Å². The van der Waals surface area contributed by atoms with Gasteiger partial charge in [-0.05, 0) is 24.6 Å². The third kappa shape index (κ3) is 4.57. The van der Waals surface area contributed by atoms with Crippen molar-refractivity contribution in [3.05, 3.63) is 83.9 Å². The van der Waals surface area contributed by atoms with Crippen molar-refractivity contribution >= 4 is 17.5 Å². The lowest BCUT2D eigenvalue weighted by atomic mass is 10.1. The van der Waals surface area contributed by atoms with Gasteiger partial charge in [-0.3, -0.25) is 4.79 Å². The van der Waals surface area contributed by atoms with Crippen LogP contribution in [0, 0.1) is 0 Å². The molecule has 2 aromatic carbocycles. The lowest BCUT2D eigenvalue weighted by Gasteiger charge is -2.10. The monoisotopic (exact) mass is 348 g/mol. The van der Waals surface area contributed by atoms with Crippen LogP contribution in [0.1, 0.15) is 28.7 Å². The van der Waals surface area contributed by atoms with Gasteiger partial charge in [-0.2, -0.15) is 0 Å². The Balaban J connectivity index is 1.58. The van der Waals surface area contributed by atoms with Crippen molar-refractivity contribution in [3.63, 3.8) is 0 Å². The van der Waals surface area contributed by atoms with Crippen LogP contribution in [0.2, 0.25) is 0 Å². The molecule has 26 heavy (non-hydrogen) atoms. The average molecular weight is 348 g/mol. The van der Waals surface area contributed by atoms with Gasteiger partial charge < -0.3 is 15.2 Å². The molecule has 0 fully saturated rings. The summed E-state index contributed by atoms with van der Waals surface area (Å²) in [6.45, 7) is 2.49. The number of rotatable bonds is 6. The maximum atomic E-state index is 12.1. The van der Waals surface area contributed by atoms with Gasteiger partial charge in [0.2, 0.25) is 0 Å². The minimum Gasteiger partial charge on any atom is -0.331 e. The number of imidazole rings is 1. The molecule has 0 saturated carbocycles. The van der Waals surface area contributed by atoms with Crippen LogP contribution in [-0.2, 0) is 13.1 Å². The molecule has 0 saturated heterocycles. The molecule has 0 aliphatic heterocycles. The Hall–Kier alpha value is -3.41. The van der Waals surface area contributed by atoms with Gasteiger partial charge in [-0.25, -0.2) is 9.78 Å². The largest absolute Gasteiger partial charge is 0.331 e. The summed E-state index contributed by atoms with van der Waals surface area (Å²) in [7, 11) is 0. The van der Waals surface area contributed by atoms with Gasteiger partial charge in [0.05, 0.1) is 6.54 Å². The van der Waals surface area contributed by atoms with Crippen molar-refractivity contribution in [3.8, 4) is 0 Å². The normalized spacial score (nSPS) is 10.3. The number of anilines is 1. The molecule has 0 spiro atoms. The first-order chi connectivity index (χ1) is 12.6. The third-order valence-corrected chi connectivity index (χ3v) is 3.93. The number of carbonyl (C=O) groups is 2. The highest BCUT2D eigenvalue weighted by atomic mass is 16.2. The molecule has 3 rings (SSSR count). The van der Waals surface area contributed by atoms with Gasteiger partial charge in [0.15, 0.2) is 5.78 Å². The van der Waals surface area contributed by atoms with E-state index in [9.17, 15) is 9.59 Å². The molecule has 0 bridgehead atoms. The predicted octanol–water partition coefficient (Wildman–Crippen LogP) is 3.46. The molecule has 1 aromatic heterocycles. The fourth-order valence-electron chi connectivity index (χ4n) is 2.58. The highest BCUT2D eigenvalue weighted by Gasteiger charge is 2.07. The summed E-state index contributed by atoms with van der Waals surface area (Å²) in [5.74, 6) is 0.721. The number of Topliss-reactive ketones (excluding diaryl/α,β-unsaturated/α-hetero) is 1. The van der Waals surface area contributed by atoms with Gasteiger partial charge in [0.25, 0.3) is 0 Å². The Bertz CT molecular complexity index is 903. The van der Waals surface area contributed by atoms with E-state index in [-0.39, 0.29) is 11.8 Å². The smallest absolute Gasteiger partial charge is 0.319 e. The van der Waals surface area contributed by atoms with Crippen molar-refractivity contribution in [2.24, 2.45) is 0 Å². The fraction of sp³-hybridized carbons (Fsp3) is 0.150. The molecule has 1 heterocycles. The molecular weight excluding hydrogens is 328 g/mol. The van der Waals surface area contributed by atoms with Crippen LogP contribution >= 0.6 is 0 Å². The van der Waals surface area contributed by atoms with Crippen molar-refractivity contribution in [1.82, 2.24) is 14.9 Å². The van der Waals surface area contributed by atoms with E-state index in [1.165, 1.54) is 6.92 Å². The summed E-state index contributed by atoms with van der Waals surface area (Å²) in [5.41, 5.74) is 2.29. The first-order valence-corrected chi connectivity index (χ1v) is 8.31. The minimum absolute atomic E-state index is 0.0444. The summed E-state index contributed by atoms with van der Waals surface area (Å²) in [5, 5.41) is 5.52. The second-order valence-corrected chi connectivity index (χ2v) is 5.90. The molecular formula is C20H20N4O2. The van der Waals surface area contributed by atoms with Crippen molar-refractivity contribution < 1.29 is 9.59 Å². The van der Waals surface area contributed by atoms with E-state index in [4.69, 9.17) is 0 Å². The molecule has 0 radical (unpaired) electrons. The lowest BCUT2D eigenvalue weighted by molar-refractivity contribution is 0.101. The van der Waals surface area contributed by atoms with Crippen LogP contribution in [0.25, 0.3) is 0 Å². The van der Waals surface area contributed by atoms with E-state index in [1.54, 1.807) is 30.5 Å². The highest BCUT2D eigenvalue weighted by molar-refractivity contribution is 5.96. The third-order valence-electron chi connectivity index (χ3n) is 3.93. The van der Waals surface area contributed by atoms with E-state index < -0.39 is 0 Å². The summed E-state index contributed by atoms with van der Waals surface area (Å²) >= 11 is 0. The highest BCUT2D eigenvalue weighted by Crippen LogP contribution is 2.11. The Kier molecular flexibility index (Phi) is 5.43. The first kappa shape index (κ1) is 17.4. The Morgan fingerprint density at radius 2 is 1.88 bits per heavy atom. The first-order valence-electron chi connectivity index (χ1n) is 8.31. The molecule has 0 aliphatic carbocycles. The number of amides is 2. The molecule has 0 atom stereocenters. The van der Waals surface area contributed by atoms with E-state index in [0.29, 0.717) is 24.3 Å². The zero-order valence-corrected chi connectivity index (χ0v) is 14.5. The Morgan fingerprint density at radius 3 is 2.65 bits per heavy atom. The summed E-state index contributed by atoms with van der Waals surface area (Å²) in [6.07, 6.45) is 3.60. The number of hydrogen-bond donors (Lipinski definition) is 2. The van der Waals surface area contributed by atoms with Crippen molar-refractivity contribution in [1.29, 1.82) is 0 Å². The molecule has 6 heteroatoms. The Labute approximate surface area is 151 Å². The van der Waals surface area contributed by atoms with Crippen molar-refractivity contribution in [2.45, 2.75) is 20.0 Å². The molecule has 3 aromatic rings. The van der Waals surface area contributed by atoms with Crippen molar-refractivity contribution in [2.75, 3.05) is 5.32 Å². The van der Waals surface area contributed by atoms with E-state index >= 15 is 0 Å². The molecule has 132 valence electrons. The van der Waals surface area contributed by atoms with Gasteiger partial charge in [-0.1, -0.05) is 42.5 Å². The number of urea groups is 1. The zero-order valence-electron chi connectivity index (χ0n) is 14.5. The molecule has 0 aliphatic rings. The van der Waals surface area contributed by atoms with Gasteiger partial charge in [0.1, 0.15) is 5.82 Å². The lowest BCUT2D eigenvalue weighted by Crippen LogP contribution is -2.29. The fourth-order valence-corrected chi connectivity index (χ4v) is 2.58. The van der Waals surface area contributed by atoms with Gasteiger partial charge in [-0.15, -0.1) is 0 Å². The number of benzene rings is 2. The topological polar surface area (TPSA) is 76.0 Å². The maximum Gasteiger partial charge on any atom is 0.319 e. The van der Waals surface area contributed by atoms with Crippen LogP contribution in [0.4, 0.5) is 10.5 Å². The van der Waals surface area contributed by atoms with E-state index in [0.717, 1.165) is 11.4 Å². The zero-order chi connectivity index (χ0) is 18.4. The maximum absolute atomic E-state index is 12.1. The number of ketones is 1. The molecule has 2 amide bonds. The Morgan fingerprint density at radius 1 is 1.08 bits per heavy atom. The van der Waals surface area contributed by atoms with Crippen LogP contribution in [0.5, 0.6) is 0 Å². The molecule has 2 N–H and O–H groups in total. The second kappa shape index (κ2) is 8.11. The van der Waals surface area contributed by atoms with Crippen LogP contribution in [0.3, 0.4) is 0 Å². The molecule has 0 unspecified atom stereocenters. The summed E-state index contributed by atoms with van der Waals surface area (Å²) in [4.78, 5) is 27.8. The summed E-state index contributed by atoms with van der Waals surface area (Å²) in [6, 6.07) is 16.5. The van der Waals surface area contributed by atoms with Crippen LogP contribution in [0.15, 0.2) is 67.0 Å². The predicted molar refractivity (Wildman–Crippen MR) is 100 cm³/mol. The SMILES string of the molecule is CC(=O)c1cccc(NC(=O)NCc2nccn2Cc2ccccc2)c1. The number of nitrogens with one attached hydrogen (secondary N) is 2. The number of hydrogen-bond acceptors (Lipinski definition) is 3. The number of carbonyl (C=O) groups excluding carboxylic acids is 2. The summed E-state index contributed by atoms with van der Waals surface area (Å²) < 4.78 is 1.99. The quantitative estimate of drug-likeness (QED) is 0.670. The second-order valence-electron chi connectivity index (χ2n) is 5.90. The number of nitrogens with zero attached hydrogens (tertiary/aromatic N) is 2. The van der Waals surface area contributed by atoms with E-state index in [2.05, 4.69) is 15.6 Å². The minimum atomic E-state index is -0.347. The van der Waals surface area contributed by atoms with Crippen LogP contribution in [-0.4, -0.2) is 21.4 Å². The average Bonchev–Trinajstić information content (AvgIpc) is 3.08.